The third kappa shape index (κ3) is 10.4. The van der Waals surface area contributed by atoms with Gasteiger partial charge in [0.15, 0.2) is 5.78 Å². The molecule has 2 nitrogen and oxygen atoms in total. The Morgan fingerprint density at radius 1 is 0.714 bits per heavy atom. The molecule has 42 heavy (non-hydrogen) atoms. The quantitative estimate of drug-likeness (QED) is 0.199. The van der Waals surface area contributed by atoms with Crippen LogP contribution in [-0.4, -0.2) is 17.0 Å². The zero-order valence-electron chi connectivity index (χ0n) is 28.1. The highest BCUT2D eigenvalue weighted by Crippen LogP contribution is 2.53. The molecule has 0 amide bonds. The molecule has 0 unspecified atom stereocenters. The minimum Gasteiger partial charge on any atom is -0.393 e. The molecule has 2 heteroatoms. The molecule has 2 atom stereocenters. The van der Waals surface area contributed by atoms with Gasteiger partial charge >= 0.3 is 0 Å². The highest BCUT2D eigenvalue weighted by molar-refractivity contribution is 5.95. The van der Waals surface area contributed by atoms with Gasteiger partial charge in [-0.15, -0.1) is 0 Å². The molecular formula is C40H56O2. The number of aliphatic hydroxyl groups is 1. The van der Waals surface area contributed by atoms with Crippen LogP contribution in [0.2, 0.25) is 0 Å². The fraction of sp³-hybridized carbons (Fsp3) is 0.475. The van der Waals surface area contributed by atoms with Crippen molar-refractivity contribution in [2.45, 2.75) is 107 Å². The van der Waals surface area contributed by atoms with Crippen molar-refractivity contribution in [2.75, 3.05) is 0 Å². The second-order valence-corrected chi connectivity index (χ2v) is 14.0. The average Bonchev–Trinajstić information content (AvgIpc) is 3.10. The lowest BCUT2D eigenvalue weighted by Crippen LogP contribution is -2.36. The van der Waals surface area contributed by atoms with E-state index >= 15 is 0 Å². The molecule has 0 aromatic rings. The standard InChI is InChI=1S/C40H56O2/c1-30(18-13-20-32(3)23-25-36-34(5)22-15-27-38(36,6)7)16-11-12-17-31(2)19-14-21-33(4)24-26-37(42)40(10)29-35(41)28-39(40,8)9/h11-14,16-21,23-26,35,41H,15,22,27-29H2,1-10H3/b12-11+,18-13+,19-14+,25-23+,26-24+,30-16+,31-17+,32-20+,33-21+/t35-,40+/m1/s1. The minimum atomic E-state index is -0.524. The van der Waals surface area contributed by atoms with E-state index in [0.29, 0.717) is 12.8 Å². The first-order valence-electron chi connectivity index (χ1n) is 15.6. The second-order valence-electron chi connectivity index (χ2n) is 14.0. The predicted molar refractivity (Wildman–Crippen MR) is 183 cm³/mol. The summed E-state index contributed by atoms with van der Waals surface area (Å²) in [5.41, 5.74) is 7.17. The summed E-state index contributed by atoms with van der Waals surface area (Å²) in [5, 5.41) is 10.1. The van der Waals surface area contributed by atoms with Crippen LogP contribution in [0.25, 0.3) is 0 Å². The van der Waals surface area contributed by atoms with Crippen molar-refractivity contribution in [1.82, 2.24) is 0 Å². The largest absolute Gasteiger partial charge is 0.393 e. The minimum absolute atomic E-state index is 0.0925. The first kappa shape index (κ1) is 35.2. The van der Waals surface area contributed by atoms with Gasteiger partial charge in [0.1, 0.15) is 0 Å². The van der Waals surface area contributed by atoms with Crippen molar-refractivity contribution < 1.29 is 9.90 Å². The zero-order chi connectivity index (χ0) is 31.6. The topological polar surface area (TPSA) is 37.3 Å². The molecule has 0 aromatic carbocycles. The van der Waals surface area contributed by atoms with Gasteiger partial charge in [-0.2, -0.15) is 0 Å². The summed E-state index contributed by atoms with van der Waals surface area (Å²) in [6, 6.07) is 0. The van der Waals surface area contributed by atoms with Crippen molar-refractivity contribution in [3.05, 3.63) is 119 Å². The average molecular weight is 569 g/mol. The molecule has 0 radical (unpaired) electrons. The van der Waals surface area contributed by atoms with E-state index in [1.807, 2.05) is 32.1 Å². The molecule has 1 saturated carbocycles. The Hall–Kier alpha value is -2.97. The van der Waals surface area contributed by atoms with Gasteiger partial charge in [0, 0.05) is 5.41 Å². The molecule has 1 N–H and O–H groups in total. The number of allylic oxidation sites excluding steroid dienone is 20. The van der Waals surface area contributed by atoms with Gasteiger partial charge in [-0.1, -0.05) is 141 Å². The molecule has 2 aliphatic carbocycles. The summed E-state index contributed by atoms with van der Waals surface area (Å²) in [7, 11) is 0. The zero-order valence-corrected chi connectivity index (χ0v) is 28.1. The summed E-state index contributed by atoms with van der Waals surface area (Å²) in [4.78, 5) is 12.9. The van der Waals surface area contributed by atoms with E-state index in [1.54, 1.807) is 6.08 Å². The molecule has 0 heterocycles. The Morgan fingerprint density at radius 2 is 1.21 bits per heavy atom. The highest BCUT2D eigenvalue weighted by atomic mass is 16.3. The lowest BCUT2D eigenvalue weighted by Gasteiger charge is -2.35. The van der Waals surface area contributed by atoms with Crippen LogP contribution in [0, 0.1) is 16.2 Å². The SMILES string of the molecule is CC1=C(/C=C/C(C)=C/C=C/C(C)=C/C=C/C=C(C)/C=C/C=C(C)/C=C/C(=O)[C@]2(C)C[C@H](O)CC2(C)C)C(C)(C)CCC1. The molecule has 0 bridgehead atoms. The van der Waals surface area contributed by atoms with E-state index in [0.717, 1.165) is 11.1 Å². The van der Waals surface area contributed by atoms with Crippen molar-refractivity contribution >= 4 is 5.78 Å². The van der Waals surface area contributed by atoms with Crippen LogP contribution in [0.1, 0.15) is 101 Å². The summed E-state index contributed by atoms with van der Waals surface area (Å²) in [6.07, 6.45) is 33.5. The number of aliphatic hydroxyl groups excluding tert-OH is 1. The van der Waals surface area contributed by atoms with E-state index in [2.05, 4.69) is 116 Å². The van der Waals surface area contributed by atoms with Crippen molar-refractivity contribution in [2.24, 2.45) is 16.2 Å². The van der Waals surface area contributed by atoms with E-state index in [9.17, 15) is 9.90 Å². The third-order valence-electron chi connectivity index (χ3n) is 9.25. The third-order valence-corrected chi connectivity index (χ3v) is 9.25. The second kappa shape index (κ2) is 15.5. The van der Waals surface area contributed by atoms with Crippen LogP contribution in [-0.2, 0) is 4.79 Å². The Bertz CT molecular complexity index is 1280. The Morgan fingerprint density at radius 3 is 1.71 bits per heavy atom. The normalized spacial score (nSPS) is 26.3. The summed E-state index contributed by atoms with van der Waals surface area (Å²) in [5.74, 6) is 0.0925. The number of carbonyl (C=O) groups excluding carboxylic acids is 1. The first-order valence-corrected chi connectivity index (χ1v) is 15.6. The van der Waals surface area contributed by atoms with Crippen molar-refractivity contribution in [3.8, 4) is 0 Å². The summed E-state index contributed by atoms with van der Waals surface area (Å²) < 4.78 is 0. The number of hydrogen-bond donors (Lipinski definition) is 1. The molecule has 228 valence electrons. The highest BCUT2D eigenvalue weighted by Gasteiger charge is 2.52. The van der Waals surface area contributed by atoms with E-state index in [4.69, 9.17) is 0 Å². The maximum Gasteiger partial charge on any atom is 0.162 e. The van der Waals surface area contributed by atoms with Gasteiger partial charge in [0.05, 0.1) is 6.10 Å². The van der Waals surface area contributed by atoms with E-state index < -0.39 is 11.5 Å². The molecule has 0 saturated heterocycles. The lowest BCUT2D eigenvalue weighted by atomic mass is 9.66. The number of carbonyl (C=O) groups is 1. The predicted octanol–water partition coefficient (Wildman–Crippen LogP) is 10.8. The van der Waals surface area contributed by atoms with Crippen LogP contribution < -0.4 is 0 Å². The van der Waals surface area contributed by atoms with Crippen molar-refractivity contribution in [3.63, 3.8) is 0 Å². The van der Waals surface area contributed by atoms with Crippen LogP contribution >= 0.6 is 0 Å². The first-order chi connectivity index (χ1) is 19.6. The number of hydrogen-bond acceptors (Lipinski definition) is 2. The van der Waals surface area contributed by atoms with Crippen molar-refractivity contribution in [1.29, 1.82) is 0 Å². The van der Waals surface area contributed by atoms with E-state index in [-0.39, 0.29) is 16.6 Å². The van der Waals surface area contributed by atoms with Crippen LogP contribution in [0.15, 0.2) is 119 Å². The maximum atomic E-state index is 12.9. The number of rotatable bonds is 11. The number of ketones is 1. The van der Waals surface area contributed by atoms with Gasteiger partial charge in [-0.3, -0.25) is 4.79 Å². The molecule has 0 aromatic heterocycles. The maximum absolute atomic E-state index is 12.9. The molecule has 0 spiro atoms. The summed E-state index contributed by atoms with van der Waals surface area (Å²) >= 11 is 0. The van der Waals surface area contributed by atoms with Gasteiger partial charge in [-0.05, 0) is 89.2 Å². The molecule has 1 fully saturated rings. The molecule has 2 rings (SSSR count). The van der Waals surface area contributed by atoms with Gasteiger partial charge in [0.25, 0.3) is 0 Å². The molecule has 0 aliphatic heterocycles. The fourth-order valence-electron chi connectivity index (χ4n) is 6.02. The fourth-order valence-corrected chi connectivity index (χ4v) is 6.02. The smallest absolute Gasteiger partial charge is 0.162 e. The van der Waals surface area contributed by atoms with E-state index in [1.165, 1.54) is 41.6 Å². The van der Waals surface area contributed by atoms with Gasteiger partial charge < -0.3 is 5.11 Å². The monoisotopic (exact) mass is 568 g/mol. The Kier molecular flexibility index (Phi) is 13.0. The molecular weight excluding hydrogens is 512 g/mol. The summed E-state index contributed by atoms with van der Waals surface area (Å²) in [6.45, 7) is 21.5. The van der Waals surface area contributed by atoms with Crippen LogP contribution in [0.3, 0.4) is 0 Å². The van der Waals surface area contributed by atoms with Gasteiger partial charge in [-0.25, -0.2) is 0 Å². The van der Waals surface area contributed by atoms with Gasteiger partial charge in [0.2, 0.25) is 0 Å². The van der Waals surface area contributed by atoms with Crippen LogP contribution in [0.4, 0.5) is 0 Å². The lowest BCUT2D eigenvalue weighted by molar-refractivity contribution is -0.127. The Balaban J connectivity index is 1.88. The molecule has 2 aliphatic rings. The van der Waals surface area contributed by atoms with Crippen LogP contribution in [0.5, 0.6) is 0 Å². The Labute approximate surface area is 257 Å².